The number of amides is 1. The summed E-state index contributed by atoms with van der Waals surface area (Å²) in [5.41, 5.74) is 10.9. The van der Waals surface area contributed by atoms with E-state index in [4.69, 9.17) is 16.6 Å². The molecule has 0 aromatic carbocycles. The lowest BCUT2D eigenvalue weighted by Crippen LogP contribution is -2.40. The third kappa shape index (κ3) is 3.32. The molecular formula is C10H14N3O3+. The van der Waals surface area contributed by atoms with E-state index in [2.05, 4.69) is 0 Å². The summed E-state index contributed by atoms with van der Waals surface area (Å²) in [4.78, 5) is 21.4. The number of hydrogen-bond donors (Lipinski definition) is 3. The molecular weight excluding hydrogens is 210 g/mol. The van der Waals surface area contributed by atoms with Crippen molar-refractivity contribution >= 4 is 11.9 Å². The molecule has 0 radical (unpaired) electrons. The fourth-order valence-electron chi connectivity index (χ4n) is 1.22. The number of nitrogens with two attached hydrogens (primary N) is 2. The quantitative estimate of drug-likeness (QED) is 0.550. The van der Waals surface area contributed by atoms with Gasteiger partial charge in [-0.15, -0.1) is 0 Å². The Hall–Kier alpha value is -1.95. The van der Waals surface area contributed by atoms with E-state index in [9.17, 15) is 9.59 Å². The molecule has 6 heteroatoms. The van der Waals surface area contributed by atoms with Crippen molar-refractivity contribution in [2.24, 2.45) is 11.5 Å². The Morgan fingerprint density at radius 2 is 2.19 bits per heavy atom. The molecule has 0 unspecified atom stereocenters. The van der Waals surface area contributed by atoms with Gasteiger partial charge < -0.3 is 16.6 Å². The number of carbonyl (C=O) groups is 2. The van der Waals surface area contributed by atoms with Crippen LogP contribution in [0.5, 0.6) is 0 Å². The van der Waals surface area contributed by atoms with E-state index < -0.39 is 17.9 Å². The molecule has 0 saturated heterocycles. The Morgan fingerprint density at radius 1 is 1.50 bits per heavy atom. The number of rotatable bonds is 5. The second-order valence-corrected chi connectivity index (χ2v) is 3.43. The molecule has 1 aromatic heterocycles. The summed E-state index contributed by atoms with van der Waals surface area (Å²) in [7, 11) is 0. The molecule has 0 aliphatic carbocycles. The van der Waals surface area contributed by atoms with Gasteiger partial charge >= 0.3 is 5.97 Å². The normalized spacial score (nSPS) is 12.1. The maximum Gasteiger partial charge on any atom is 0.320 e. The molecule has 0 fully saturated rings. The van der Waals surface area contributed by atoms with Gasteiger partial charge in [0.1, 0.15) is 11.6 Å². The van der Waals surface area contributed by atoms with Gasteiger partial charge in [-0.1, -0.05) is 0 Å². The van der Waals surface area contributed by atoms with Crippen LogP contribution in [0.2, 0.25) is 0 Å². The standard InChI is InChI=1S/C10H13N3O3/c11-8(10(15)16)3-5-13-4-1-2-7(6-13)9(12)14/h1-2,4,6,8H,3,5,11H2,(H2-,12,14,15,16)/p+1/t8-/m0/s1. The molecule has 0 saturated carbocycles. The van der Waals surface area contributed by atoms with Crippen molar-refractivity contribution in [2.75, 3.05) is 0 Å². The highest BCUT2D eigenvalue weighted by atomic mass is 16.4. The Bertz CT molecular complexity index is 406. The van der Waals surface area contributed by atoms with Gasteiger partial charge in [0.25, 0.3) is 5.91 Å². The number of carboxylic acids is 1. The SMILES string of the molecule is NC(=O)c1ccc[n+](CC[C@H](N)C(=O)O)c1. The van der Waals surface area contributed by atoms with Crippen LogP contribution in [-0.4, -0.2) is 23.0 Å². The summed E-state index contributed by atoms with van der Waals surface area (Å²) in [6.07, 6.45) is 3.58. The van der Waals surface area contributed by atoms with Crippen molar-refractivity contribution in [1.82, 2.24) is 0 Å². The Labute approximate surface area is 92.5 Å². The van der Waals surface area contributed by atoms with Crippen LogP contribution < -0.4 is 16.0 Å². The summed E-state index contributed by atoms with van der Waals surface area (Å²) in [6.45, 7) is 0.425. The highest BCUT2D eigenvalue weighted by molar-refractivity contribution is 5.92. The number of primary amides is 1. The molecule has 0 aliphatic heterocycles. The zero-order valence-electron chi connectivity index (χ0n) is 8.67. The van der Waals surface area contributed by atoms with Crippen molar-refractivity contribution in [3.05, 3.63) is 30.1 Å². The van der Waals surface area contributed by atoms with Crippen molar-refractivity contribution in [3.8, 4) is 0 Å². The molecule has 0 aliphatic rings. The third-order valence-corrected chi connectivity index (χ3v) is 2.16. The summed E-state index contributed by atoms with van der Waals surface area (Å²) in [5, 5.41) is 8.59. The lowest BCUT2D eigenvalue weighted by Gasteiger charge is -2.03. The molecule has 1 rings (SSSR count). The van der Waals surface area contributed by atoms with Gasteiger partial charge in [0, 0.05) is 12.5 Å². The van der Waals surface area contributed by atoms with Gasteiger partial charge in [0.05, 0.1) is 0 Å². The lowest BCUT2D eigenvalue weighted by atomic mass is 10.2. The first-order chi connectivity index (χ1) is 7.50. The minimum Gasteiger partial charge on any atom is -0.480 e. The average Bonchev–Trinajstić information content (AvgIpc) is 2.26. The topological polar surface area (TPSA) is 110 Å². The molecule has 5 N–H and O–H groups in total. The van der Waals surface area contributed by atoms with Gasteiger partial charge in [-0.05, 0) is 6.07 Å². The minimum absolute atomic E-state index is 0.294. The van der Waals surface area contributed by atoms with E-state index in [0.29, 0.717) is 18.5 Å². The first kappa shape index (κ1) is 12.1. The van der Waals surface area contributed by atoms with E-state index in [1.807, 2.05) is 0 Å². The minimum atomic E-state index is -1.04. The van der Waals surface area contributed by atoms with E-state index in [0.717, 1.165) is 0 Å². The van der Waals surface area contributed by atoms with Crippen molar-refractivity contribution < 1.29 is 19.3 Å². The Balaban J connectivity index is 2.64. The smallest absolute Gasteiger partial charge is 0.320 e. The maximum atomic E-state index is 10.9. The molecule has 86 valence electrons. The molecule has 0 spiro atoms. The first-order valence-corrected chi connectivity index (χ1v) is 4.78. The van der Waals surface area contributed by atoms with Crippen molar-refractivity contribution in [2.45, 2.75) is 19.0 Å². The Kier molecular flexibility index (Phi) is 3.96. The fraction of sp³-hybridized carbons (Fsp3) is 0.300. The fourth-order valence-corrected chi connectivity index (χ4v) is 1.22. The van der Waals surface area contributed by atoms with Crippen LogP contribution in [0.3, 0.4) is 0 Å². The summed E-state index contributed by atoms with van der Waals surface area (Å²) >= 11 is 0. The van der Waals surface area contributed by atoms with Crippen LogP contribution in [0.25, 0.3) is 0 Å². The highest BCUT2D eigenvalue weighted by Gasteiger charge is 2.14. The third-order valence-electron chi connectivity index (χ3n) is 2.16. The molecule has 6 nitrogen and oxygen atoms in total. The molecule has 0 bridgehead atoms. The van der Waals surface area contributed by atoms with Gasteiger partial charge in [-0.25, -0.2) is 4.57 Å². The number of pyridine rings is 1. The zero-order valence-corrected chi connectivity index (χ0v) is 8.67. The molecule has 1 atom stereocenters. The second kappa shape index (κ2) is 5.22. The van der Waals surface area contributed by atoms with Gasteiger partial charge in [0.2, 0.25) is 0 Å². The first-order valence-electron chi connectivity index (χ1n) is 4.78. The van der Waals surface area contributed by atoms with Crippen LogP contribution in [0, 0.1) is 0 Å². The Morgan fingerprint density at radius 3 is 2.75 bits per heavy atom. The van der Waals surface area contributed by atoms with Crippen LogP contribution in [0.15, 0.2) is 24.5 Å². The molecule has 1 aromatic rings. The molecule has 1 heterocycles. The van der Waals surface area contributed by atoms with Gasteiger partial charge in [-0.2, -0.15) is 0 Å². The summed E-state index contributed by atoms with van der Waals surface area (Å²) in [6, 6.07) is 2.37. The monoisotopic (exact) mass is 224 g/mol. The number of nitrogens with zero attached hydrogens (tertiary/aromatic N) is 1. The summed E-state index contributed by atoms with van der Waals surface area (Å²) in [5.74, 6) is -1.55. The molecule has 16 heavy (non-hydrogen) atoms. The maximum absolute atomic E-state index is 10.9. The number of aromatic nitrogens is 1. The number of aryl methyl sites for hydroxylation is 1. The number of carboxylic acid groups (broad SMARTS) is 1. The predicted molar refractivity (Wildman–Crippen MR) is 55.4 cm³/mol. The number of carbonyl (C=O) groups excluding carboxylic acids is 1. The van der Waals surface area contributed by atoms with Crippen LogP contribution >= 0.6 is 0 Å². The molecule has 1 amide bonds. The van der Waals surface area contributed by atoms with Crippen LogP contribution in [0.1, 0.15) is 16.8 Å². The predicted octanol–water partition coefficient (Wildman–Crippen LogP) is -1.12. The van der Waals surface area contributed by atoms with Gasteiger partial charge in [-0.3, -0.25) is 9.59 Å². The highest BCUT2D eigenvalue weighted by Crippen LogP contribution is 1.94. The number of aliphatic carboxylic acids is 1. The van der Waals surface area contributed by atoms with E-state index in [1.165, 1.54) is 0 Å². The largest absolute Gasteiger partial charge is 0.480 e. The lowest BCUT2D eigenvalue weighted by molar-refractivity contribution is -0.697. The average molecular weight is 224 g/mol. The number of hydrogen-bond acceptors (Lipinski definition) is 3. The van der Waals surface area contributed by atoms with E-state index in [-0.39, 0.29) is 0 Å². The van der Waals surface area contributed by atoms with Crippen LogP contribution in [0.4, 0.5) is 0 Å². The van der Waals surface area contributed by atoms with Crippen molar-refractivity contribution in [1.29, 1.82) is 0 Å². The second-order valence-electron chi connectivity index (χ2n) is 3.43. The van der Waals surface area contributed by atoms with E-state index >= 15 is 0 Å². The zero-order chi connectivity index (χ0) is 12.1. The van der Waals surface area contributed by atoms with E-state index in [1.54, 1.807) is 29.1 Å². The van der Waals surface area contributed by atoms with Gasteiger partial charge in [0.15, 0.2) is 18.9 Å². The van der Waals surface area contributed by atoms with Crippen molar-refractivity contribution in [3.63, 3.8) is 0 Å². The summed E-state index contributed by atoms with van der Waals surface area (Å²) < 4.78 is 1.68. The van der Waals surface area contributed by atoms with Crippen LogP contribution in [-0.2, 0) is 11.3 Å².